The van der Waals surface area contributed by atoms with E-state index in [0.717, 1.165) is 16.5 Å². The fourth-order valence-electron chi connectivity index (χ4n) is 2.23. The highest BCUT2D eigenvalue weighted by Gasteiger charge is 2.23. The Kier molecular flexibility index (Phi) is 3.86. The van der Waals surface area contributed by atoms with Crippen molar-refractivity contribution < 1.29 is 9.21 Å². The number of hydrogen-bond acceptors (Lipinski definition) is 3. The number of nitrogens with two attached hydrogens (primary N) is 1. The van der Waals surface area contributed by atoms with Crippen molar-refractivity contribution in [2.24, 2.45) is 11.1 Å². The van der Waals surface area contributed by atoms with E-state index >= 15 is 0 Å². The van der Waals surface area contributed by atoms with E-state index in [1.807, 2.05) is 39.0 Å². The summed E-state index contributed by atoms with van der Waals surface area (Å²) in [5.41, 5.74) is 7.50. The molecular formula is C16H22N2O2. The molecule has 2 N–H and O–H groups in total. The number of rotatable bonds is 4. The lowest BCUT2D eigenvalue weighted by Gasteiger charge is -2.28. The Labute approximate surface area is 119 Å². The molecule has 1 amide bonds. The van der Waals surface area contributed by atoms with Gasteiger partial charge in [-0.15, -0.1) is 0 Å². The quantitative estimate of drug-likeness (QED) is 0.932. The first kappa shape index (κ1) is 14.6. The molecule has 108 valence electrons. The van der Waals surface area contributed by atoms with E-state index in [1.54, 1.807) is 18.0 Å². The minimum absolute atomic E-state index is 0.104. The van der Waals surface area contributed by atoms with E-state index in [1.165, 1.54) is 0 Å². The first-order chi connectivity index (χ1) is 9.32. The summed E-state index contributed by atoms with van der Waals surface area (Å²) >= 11 is 0. The second-order valence-electron chi connectivity index (χ2n) is 6.18. The van der Waals surface area contributed by atoms with Gasteiger partial charge in [-0.1, -0.05) is 25.5 Å². The normalized spacial score (nSPS) is 11.8. The molecule has 0 unspecified atom stereocenters. The first-order valence-electron chi connectivity index (χ1n) is 6.78. The van der Waals surface area contributed by atoms with Gasteiger partial charge in [-0.05, 0) is 37.1 Å². The molecule has 2 aromatic rings. The van der Waals surface area contributed by atoms with Crippen molar-refractivity contribution in [1.82, 2.24) is 4.90 Å². The summed E-state index contributed by atoms with van der Waals surface area (Å²) in [7, 11) is 1.78. The number of aryl methyl sites for hydroxylation is 1. The fourth-order valence-corrected chi connectivity index (χ4v) is 2.23. The molecule has 1 heterocycles. The van der Waals surface area contributed by atoms with Crippen LogP contribution in [0.25, 0.3) is 11.0 Å². The molecular weight excluding hydrogens is 252 g/mol. The highest BCUT2D eigenvalue weighted by molar-refractivity contribution is 5.96. The van der Waals surface area contributed by atoms with Gasteiger partial charge < -0.3 is 15.1 Å². The maximum Gasteiger partial charge on any atom is 0.289 e. The maximum atomic E-state index is 12.4. The smallest absolute Gasteiger partial charge is 0.289 e. The minimum Gasteiger partial charge on any atom is -0.451 e. The van der Waals surface area contributed by atoms with Crippen LogP contribution in [0.5, 0.6) is 0 Å². The van der Waals surface area contributed by atoms with E-state index in [4.69, 9.17) is 10.2 Å². The van der Waals surface area contributed by atoms with Crippen LogP contribution in [0.3, 0.4) is 0 Å². The van der Waals surface area contributed by atoms with Gasteiger partial charge in [0.2, 0.25) is 0 Å². The molecule has 0 spiro atoms. The van der Waals surface area contributed by atoms with Crippen LogP contribution in [0.1, 0.15) is 30.0 Å². The minimum atomic E-state index is -0.111. The molecule has 0 radical (unpaired) electrons. The lowest BCUT2D eigenvalue weighted by Crippen LogP contribution is -2.39. The topological polar surface area (TPSA) is 59.5 Å². The maximum absolute atomic E-state index is 12.4. The molecule has 0 atom stereocenters. The van der Waals surface area contributed by atoms with Crippen LogP contribution in [0.2, 0.25) is 0 Å². The molecule has 0 saturated heterocycles. The van der Waals surface area contributed by atoms with Crippen molar-refractivity contribution >= 4 is 16.9 Å². The second kappa shape index (κ2) is 5.29. The number of nitrogens with zero attached hydrogens (tertiary/aromatic N) is 1. The molecule has 0 aliphatic carbocycles. The van der Waals surface area contributed by atoms with Crippen LogP contribution >= 0.6 is 0 Å². The molecule has 4 heteroatoms. The Bertz CT molecular complexity index is 628. The van der Waals surface area contributed by atoms with Crippen LogP contribution in [0, 0.1) is 12.3 Å². The predicted octanol–water partition coefficient (Wildman–Crippen LogP) is 2.80. The number of amides is 1. The van der Waals surface area contributed by atoms with Gasteiger partial charge in [0.1, 0.15) is 5.58 Å². The summed E-state index contributed by atoms with van der Waals surface area (Å²) < 4.78 is 5.63. The SMILES string of the molecule is Cc1ccc2oc(C(=O)N(C)CC(C)(C)CN)cc2c1. The van der Waals surface area contributed by atoms with E-state index in [0.29, 0.717) is 18.8 Å². The van der Waals surface area contributed by atoms with Crippen LogP contribution in [0.4, 0.5) is 0 Å². The van der Waals surface area contributed by atoms with Gasteiger partial charge in [-0.3, -0.25) is 4.79 Å². The van der Waals surface area contributed by atoms with Crippen molar-refractivity contribution in [3.8, 4) is 0 Å². The zero-order valence-corrected chi connectivity index (χ0v) is 12.6. The van der Waals surface area contributed by atoms with Crippen molar-refractivity contribution in [3.05, 3.63) is 35.6 Å². The second-order valence-corrected chi connectivity index (χ2v) is 6.18. The number of fused-ring (bicyclic) bond motifs is 1. The van der Waals surface area contributed by atoms with Gasteiger partial charge in [0, 0.05) is 19.0 Å². The lowest BCUT2D eigenvalue weighted by molar-refractivity contribution is 0.0711. The van der Waals surface area contributed by atoms with Crippen molar-refractivity contribution in [2.45, 2.75) is 20.8 Å². The molecule has 20 heavy (non-hydrogen) atoms. The van der Waals surface area contributed by atoms with E-state index < -0.39 is 0 Å². The Balaban J connectivity index is 2.22. The highest BCUT2D eigenvalue weighted by Crippen LogP contribution is 2.22. The summed E-state index contributed by atoms with van der Waals surface area (Å²) in [5.74, 6) is 0.265. The monoisotopic (exact) mass is 274 g/mol. The largest absolute Gasteiger partial charge is 0.451 e. The Morgan fingerprint density at radius 1 is 1.35 bits per heavy atom. The van der Waals surface area contributed by atoms with E-state index in [2.05, 4.69) is 0 Å². The van der Waals surface area contributed by atoms with Crippen LogP contribution < -0.4 is 5.73 Å². The Morgan fingerprint density at radius 3 is 2.70 bits per heavy atom. The van der Waals surface area contributed by atoms with Gasteiger partial charge in [0.15, 0.2) is 5.76 Å². The molecule has 1 aromatic heterocycles. The van der Waals surface area contributed by atoms with Crippen molar-refractivity contribution in [2.75, 3.05) is 20.1 Å². The summed E-state index contributed by atoms with van der Waals surface area (Å²) in [4.78, 5) is 14.0. The van der Waals surface area contributed by atoms with Crippen LogP contribution in [-0.4, -0.2) is 30.9 Å². The average Bonchev–Trinajstić information content (AvgIpc) is 2.80. The third-order valence-corrected chi connectivity index (χ3v) is 3.45. The first-order valence-corrected chi connectivity index (χ1v) is 6.78. The van der Waals surface area contributed by atoms with Crippen molar-refractivity contribution in [3.63, 3.8) is 0 Å². The third-order valence-electron chi connectivity index (χ3n) is 3.45. The average molecular weight is 274 g/mol. The third kappa shape index (κ3) is 3.02. The van der Waals surface area contributed by atoms with Crippen LogP contribution in [-0.2, 0) is 0 Å². The van der Waals surface area contributed by atoms with Gasteiger partial charge in [0.25, 0.3) is 5.91 Å². The van der Waals surface area contributed by atoms with E-state index in [9.17, 15) is 4.79 Å². The number of furan rings is 1. The predicted molar refractivity (Wildman–Crippen MR) is 80.7 cm³/mol. The van der Waals surface area contributed by atoms with Gasteiger partial charge in [-0.25, -0.2) is 0 Å². The number of carbonyl (C=O) groups excluding carboxylic acids is 1. The molecule has 0 bridgehead atoms. The Morgan fingerprint density at radius 2 is 2.05 bits per heavy atom. The lowest BCUT2D eigenvalue weighted by atomic mass is 9.93. The molecule has 1 aromatic carbocycles. The highest BCUT2D eigenvalue weighted by atomic mass is 16.3. The number of benzene rings is 1. The summed E-state index contributed by atoms with van der Waals surface area (Å²) in [6, 6.07) is 7.68. The van der Waals surface area contributed by atoms with Gasteiger partial charge in [0.05, 0.1) is 0 Å². The molecule has 2 rings (SSSR count). The molecule has 0 aliphatic rings. The Hall–Kier alpha value is -1.81. The van der Waals surface area contributed by atoms with Gasteiger partial charge in [-0.2, -0.15) is 0 Å². The molecule has 0 saturated carbocycles. The van der Waals surface area contributed by atoms with Crippen LogP contribution in [0.15, 0.2) is 28.7 Å². The number of hydrogen-bond donors (Lipinski definition) is 1. The molecule has 4 nitrogen and oxygen atoms in total. The molecule has 0 fully saturated rings. The fraction of sp³-hybridized carbons (Fsp3) is 0.438. The number of carbonyl (C=O) groups is 1. The van der Waals surface area contributed by atoms with Crippen molar-refractivity contribution in [1.29, 1.82) is 0 Å². The van der Waals surface area contributed by atoms with Gasteiger partial charge >= 0.3 is 0 Å². The summed E-state index contributed by atoms with van der Waals surface area (Å²) in [6.07, 6.45) is 0. The standard InChI is InChI=1S/C16H22N2O2/c1-11-5-6-13-12(7-11)8-14(20-13)15(19)18(4)10-16(2,3)9-17/h5-8H,9-10,17H2,1-4H3. The zero-order valence-electron chi connectivity index (χ0n) is 12.6. The summed E-state index contributed by atoms with van der Waals surface area (Å²) in [5, 5.41) is 0.958. The molecule has 0 aliphatic heterocycles. The zero-order chi connectivity index (χ0) is 14.9. The van der Waals surface area contributed by atoms with E-state index in [-0.39, 0.29) is 11.3 Å². The summed E-state index contributed by atoms with van der Waals surface area (Å²) in [6.45, 7) is 7.23.